The number of carbonyl (C=O) groups is 1. The van der Waals surface area contributed by atoms with Crippen LogP contribution in [0.25, 0.3) is 0 Å². The fourth-order valence-corrected chi connectivity index (χ4v) is 2.83. The van der Waals surface area contributed by atoms with Gasteiger partial charge < -0.3 is 15.4 Å². The van der Waals surface area contributed by atoms with Crippen molar-refractivity contribution in [2.75, 3.05) is 19.7 Å². The van der Waals surface area contributed by atoms with Gasteiger partial charge in [-0.2, -0.15) is 0 Å². The Bertz CT molecular complexity index is 431. The highest BCUT2D eigenvalue weighted by molar-refractivity contribution is 7.10. The number of hydrogen-bond donors (Lipinski definition) is 1. The van der Waals surface area contributed by atoms with E-state index in [9.17, 15) is 4.79 Å². The van der Waals surface area contributed by atoms with Crippen LogP contribution in [0.15, 0.2) is 17.5 Å². The zero-order valence-electron chi connectivity index (χ0n) is 12.2. The Labute approximate surface area is 130 Å². The van der Waals surface area contributed by atoms with Crippen LogP contribution < -0.4 is 5.73 Å². The first-order valence-corrected chi connectivity index (χ1v) is 7.47. The van der Waals surface area contributed by atoms with Gasteiger partial charge in [-0.1, -0.05) is 26.8 Å². The van der Waals surface area contributed by atoms with Gasteiger partial charge in [0.05, 0.1) is 19.2 Å². The van der Waals surface area contributed by atoms with E-state index in [2.05, 4.69) is 0 Å². The predicted octanol–water partition coefficient (Wildman–Crippen LogP) is 2.44. The van der Waals surface area contributed by atoms with E-state index in [0.29, 0.717) is 19.7 Å². The minimum Gasteiger partial charge on any atom is -0.369 e. The van der Waals surface area contributed by atoms with Gasteiger partial charge in [-0.3, -0.25) is 4.79 Å². The van der Waals surface area contributed by atoms with E-state index in [-0.39, 0.29) is 29.8 Å². The number of amides is 1. The van der Waals surface area contributed by atoms with Crippen LogP contribution >= 0.6 is 23.7 Å². The quantitative estimate of drug-likeness (QED) is 0.911. The molecule has 6 heteroatoms. The number of nitrogens with zero attached hydrogens (tertiary/aromatic N) is 1. The van der Waals surface area contributed by atoms with Gasteiger partial charge in [0.2, 0.25) is 5.91 Å². The minimum absolute atomic E-state index is 0. The van der Waals surface area contributed by atoms with Gasteiger partial charge in [0.25, 0.3) is 0 Å². The van der Waals surface area contributed by atoms with Gasteiger partial charge in [0.1, 0.15) is 6.10 Å². The third-order valence-electron chi connectivity index (χ3n) is 3.44. The molecule has 114 valence electrons. The molecule has 0 radical (unpaired) electrons. The third-order valence-corrected chi connectivity index (χ3v) is 4.40. The van der Waals surface area contributed by atoms with E-state index >= 15 is 0 Å². The van der Waals surface area contributed by atoms with Crippen molar-refractivity contribution >= 4 is 29.7 Å². The van der Waals surface area contributed by atoms with Crippen LogP contribution in [-0.4, -0.2) is 36.5 Å². The molecular formula is C14H23ClN2O2S. The molecule has 1 aromatic heterocycles. The molecule has 1 fully saturated rings. The summed E-state index contributed by atoms with van der Waals surface area (Å²) in [5.74, 6) is 0.0253. The number of rotatable bonds is 2. The average Bonchev–Trinajstić information content (AvgIpc) is 2.90. The fraction of sp³-hybridized carbons (Fsp3) is 0.643. The summed E-state index contributed by atoms with van der Waals surface area (Å²) in [6, 6.07) is 3.59. The monoisotopic (exact) mass is 318 g/mol. The van der Waals surface area contributed by atoms with Crippen LogP contribution in [-0.2, 0) is 9.53 Å². The lowest BCUT2D eigenvalue weighted by Crippen LogP contribution is -2.53. The van der Waals surface area contributed by atoms with Crippen LogP contribution in [0.2, 0.25) is 0 Å². The van der Waals surface area contributed by atoms with E-state index in [1.165, 1.54) is 4.88 Å². The maximum atomic E-state index is 12.4. The van der Waals surface area contributed by atoms with E-state index in [4.69, 9.17) is 10.5 Å². The molecular weight excluding hydrogens is 296 g/mol. The van der Waals surface area contributed by atoms with E-state index < -0.39 is 6.04 Å². The number of morpholine rings is 1. The Kier molecular flexibility index (Phi) is 6.01. The number of ether oxygens (including phenoxy) is 1. The van der Waals surface area contributed by atoms with Gasteiger partial charge >= 0.3 is 0 Å². The van der Waals surface area contributed by atoms with E-state index in [1.807, 2.05) is 43.2 Å². The van der Waals surface area contributed by atoms with Crippen molar-refractivity contribution in [1.82, 2.24) is 4.90 Å². The molecule has 2 heterocycles. The van der Waals surface area contributed by atoms with E-state index in [0.717, 1.165) is 0 Å². The summed E-state index contributed by atoms with van der Waals surface area (Å²) in [6.45, 7) is 7.78. The Morgan fingerprint density at radius 3 is 2.80 bits per heavy atom. The van der Waals surface area contributed by atoms with Crippen molar-refractivity contribution < 1.29 is 9.53 Å². The molecule has 1 saturated heterocycles. The van der Waals surface area contributed by atoms with Gasteiger partial charge in [-0.05, 0) is 16.9 Å². The highest BCUT2D eigenvalue weighted by Gasteiger charge is 2.34. The Morgan fingerprint density at radius 2 is 2.25 bits per heavy atom. The number of nitrogens with two attached hydrogens (primary N) is 1. The second kappa shape index (κ2) is 6.89. The lowest BCUT2D eigenvalue weighted by Gasteiger charge is -2.37. The summed E-state index contributed by atoms with van der Waals surface area (Å²) in [4.78, 5) is 15.4. The smallest absolute Gasteiger partial charge is 0.240 e. The molecule has 0 spiro atoms. The van der Waals surface area contributed by atoms with Crippen LogP contribution in [0.5, 0.6) is 0 Å². The second-order valence-electron chi connectivity index (χ2n) is 6.00. The minimum atomic E-state index is -0.463. The molecule has 1 unspecified atom stereocenters. The van der Waals surface area contributed by atoms with Crippen LogP contribution in [0.1, 0.15) is 31.8 Å². The lowest BCUT2D eigenvalue weighted by atomic mass is 9.86. The SMILES string of the molecule is CC(C)(C)[C@H](N)C(=O)N1CCOC(c2cccs2)C1.Cl. The molecule has 2 N–H and O–H groups in total. The molecule has 0 aromatic carbocycles. The summed E-state index contributed by atoms with van der Waals surface area (Å²) in [5.41, 5.74) is 5.85. The third kappa shape index (κ3) is 3.95. The van der Waals surface area contributed by atoms with Crippen molar-refractivity contribution in [2.45, 2.75) is 32.9 Å². The molecule has 20 heavy (non-hydrogen) atoms. The standard InChI is InChI=1S/C14H22N2O2S.ClH/c1-14(2,3)12(15)13(17)16-6-7-18-10(9-16)11-5-4-8-19-11;/h4-5,8,10,12H,6-7,9,15H2,1-3H3;1H/t10?,12-;/m1./s1. The van der Waals surface area contributed by atoms with Gasteiger partial charge in [-0.15, -0.1) is 23.7 Å². The zero-order chi connectivity index (χ0) is 14.0. The normalized spacial score (nSPS) is 21.2. The largest absolute Gasteiger partial charge is 0.369 e. The van der Waals surface area contributed by atoms with E-state index in [1.54, 1.807) is 11.3 Å². The number of carbonyl (C=O) groups excluding carboxylic acids is 1. The summed E-state index contributed by atoms with van der Waals surface area (Å²) in [6.07, 6.45) is -0.00938. The molecule has 1 aromatic rings. The Morgan fingerprint density at radius 1 is 1.55 bits per heavy atom. The van der Waals surface area contributed by atoms with Gasteiger partial charge in [-0.25, -0.2) is 0 Å². The number of hydrogen-bond acceptors (Lipinski definition) is 4. The summed E-state index contributed by atoms with van der Waals surface area (Å²) < 4.78 is 5.74. The predicted molar refractivity (Wildman–Crippen MR) is 84.3 cm³/mol. The molecule has 2 atom stereocenters. The van der Waals surface area contributed by atoms with Crippen molar-refractivity contribution in [1.29, 1.82) is 0 Å². The maximum absolute atomic E-state index is 12.4. The molecule has 1 aliphatic heterocycles. The first-order valence-electron chi connectivity index (χ1n) is 6.59. The molecule has 0 saturated carbocycles. The summed E-state index contributed by atoms with van der Waals surface area (Å²) in [7, 11) is 0. The highest BCUT2D eigenvalue weighted by Crippen LogP contribution is 2.27. The van der Waals surface area contributed by atoms with Crippen molar-refractivity contribution in [3.05, 3.63) is 22.4 Å². The zero-order valence-corrected chi connectivity index (χ0v) is 13.8. The summed E-state index contributed by atoms with van der Waals surface area (Å²) in [5, 5.41) is 2.03. The van der Waals surface area contributed by atoms with Gasteiger partial charge in [0.15, 0.2) is 0 Å². The van der Waals surface area contributed by atoms with Crippen LogP contribution in [0.3, 0.4) is 0 Å². The number of thiophene rings is 1. The molecule has 1 amide bonds. The molecule has 1 aliphatic rings. The molecule has 2 rings (SSSR count). The van der Waals surface area contributed by atoms with Gasteiger partial charge in [0, 0.05) is 11.4 Å². The maximum Gasteiger partial charge on any atom is 0.240 e. The molecule has 4 nitrogen and oxygen atoms in total. The Hall–Kier alpha value is -0.620. The summed E-state index contributed by atoms with van der Waals surface area (Å²) >= 11 is 1.66. The molecule has 0 aliphatic carbocycles. The fourth-order valence-electron chi connectivity index (χ4n) is 2.06. The van der Waals surface area contributed by atoms with Crippen LogP contribution in [0.4, 0.5) is 0 Å². The lowest BCUT2D eigenvalue weighted by molar-refractivity contribution is -0.142. The molecule has 0 bridgehead atoms. The topological polar surface area (TPSA) is 55.6 Å². The second-order valence-corrected chi connectivity index (χ2v) is 6.98. The first-order chi connectivity index (χ1) is 8.89. The van der Waals surface area contributed by atoms with Crippen molar-refractivity contribution in [2.24, 2.45) is 11.1 Å². The number of halogens is 1. The Balaban J connectivity index is 0.00000200. The van der Waals surface area contributed by atoms with Crippen LogP contribution in [0, 0.1) is 5.41 Å². The van der Waals surface area contributed by atoms with Crippen molar-refractivity contribution in [3.63, 3.8) is 0 Å². The average molecular weight is 319 g/mol. The first kappa shape index (κ1) is 17.4. The highest BCUT2D eigenvalue weighted by atomic mass is 35.5. The van der Waals surface area contributed by atoms with Crippen molar-refractivity contribution in [3.8, 4) is 0 Å².